The molecule has 0 spiro atoms. The van der Waals surface area contributed by atoms with E-state index < -0.39 is 6.09 Å². The zero-order chi connectivity index (χ0) is 15.1. The van der Waals surface area contributed by atoms with E-state index in [2.05, 4.69) is 10.5 Å². The first kappa shape index (κ1) is 14.9. The number of nitrogens with zero attached hydrogens (tertiary/aromatic N) is 1. The fraction of sp³-hybridized carbons (Fsp3) is 0.0667. The maximum atomic E-state index is 11.5. The van der Waals surface area contributed by atoms with Gasteiger partial charge in [-0.1, -0.05) is 28.9 Å². The SMILES string of the molecule is COc1ccccc1C=NOC(=O)Nc1ccc(Cl)cc1. The smallest absolute Gasteiger partial charge is 0.437 e. The normalized spacial score (nSPS) is 10.4. The molecule has 0 saturated carbocycles. The van der Waals surface area contributed by atoms with E-state index in [-0.39, 0.29) is 0 Å². The van der Waals surface area contributed by atoms with Crippen LogP contribution in [0.15, 0.2) is 53.7 Å². The van der Waals surface area contributed by atoms with Crippen LogP contribution in [0.5, 0.6) is 5.75 Å². The molecule has 0 saturated heterocycles. The monoisotopic (exact) mass is 304 g/mol. The number of ether oxygens (including phenoxy) is 1. The van der Waals surface area contributed by atoms with Crippen LogP contribution in [0.25, 0.3) is 0 Å². The number of carbonyl (C=O) groups is 1. The highest BCUT2D eigenvalue weighted by Gasteiger charge is 2.03. The lowest BCUT2D eigenvalue weighted by Crippen LogP contribution is -2.10. The van der Waals surface area contributed by atoms with Crippen LogP contribution in [0, 0.1) is 0 Å². The van der Waals surface area contributed by atoms with E-state index in [1.807, 2.05) is 12.1 Å². The zero-order valence-electron chi connectivity index (χ0n) is 11.2. The Morgan fingerprint density at radius 3 is 2.62 bits per heavy atom. The summed E-state index contributed by atoms with van der Waals surface area (Å²) in [5, 5.41) is 6.73. The molecule has 0 atom stereocenters. The molecule has 21 heavy (non-hydrogen) atoms. The Kier molecular flexibility index (Phi) is 5.17. The van der Waals surface area contributed by atoms with E-state index >= 15 is 0 Å². The Labute approximate surface area is 127 Å². The highest BCUT2D eigenvalue weighted by molar-refractivity contribution is 6.30. The van der Waals surface area contributed by atoms with E-state index in [1.54, 1.807) is 43.5 Å². The third kappa shape index (κ3) is 4.50. The first-order valence-electron chi connectivity index (χ1n) is 6.09. The minimum Gasteiger partial charge on any atom is -0.496 e. The van der Waals surface area contributed by atoms with E-state index in [0.717, 1.165) is 0 Å². The average Bonchev–Trinajstić information content (AvgIpc) is 2.50. The van der Waals surface area contributed by atoms with Crippen LogP contribution in [-0.4, -0.2) is 19.4 Å². The molecule has 1 amide bonds. The molecule has 5 nitrogen and oxygen atoms in total. The summed E-state index contributed by atoms with van der Waals surface area (Å²) in [6.45, 7) is 0. The van der Waals surface area contributed by atoms with Gasteiger partial charge in [-0.2, -0.15) is 0 Å². The number of methoxy groups -OCH3 is 1. The minimum atomic E-state index is -0.691. The Hall–Kier alpha value is -2.53. The number of hydrogen-bond donors (Lipinski definition) is 1. The number of para-hydroxylation sites is 1. The standard InChI is InChI=1S/C15H13ClN2O3/c1-20-14-5-3-2-4-11(14)10-17-21-15(19)18-13-8-6-12(16)7-9-13/h2-10H,1H3,(H,18,19). The van der Waals surface area contributed by atoms with Crippen molar-refractivity contribution < 1.29 is 14.4 Å². The molecule has 0 aliphatic heterocycles. The maximum absolute atomic E-state index is 11.5. The fourth-order valence-electron chi connectivity index (χ4n) is 1.58. The Balaban J connectivity index is 1.91. The van der Waals surface area contributed by atoms with Gasteiger partial charge in [0.2, 0.25) is 0 Å². The Morgan fingerprint density at radius 2 is 1.90 bits per heavy atom. The number of amides is 1. The summed E-state index contributed by atoms with van der Waals surface area (Å²) in [5.41, 5.74) is 1.27. The number of anilines is 1. The van der Waals surface area contributed by atoms with Gasteiger partial charge in [0, 0.05) is 16.3 Å². The molecule has 108 valence electrons. The highest BCUT2D eigenvalue weighted by Crippen LogP contribution is 2.15. The highest BCUT2D eigenvalue weighted by atomic mass is 35.5. The third-order valence-corrected chi connectivity index (χ3v) is 2.81. The first-order valence-corrected chi connectivity index (χ1v) is 6.47. The molecule has 0 heterocycles. The van der Waals surface area contributed by atoms with Crippen LogP contribution in [0.4, 0.5) is 10.5 Å². The molecular formula is C15H13ClN2O3. The molecule has 6 heteroatoms. The lowest BCUT2D eigenvalue weighted by molar-refractivity contribution is 0.167. The summed E-state index contributed by atoms with van der Waals surface area (Å²) in [4.78, 5) is 16.2. The molecule has 2 aromatic rings. The van der Waals surface area contributed by atoms with Crippen molar-refractivity contribution in [1.82, 2.24) is 0 Å². The number of benzene rings is 2. The van der Waals surface area contributed by atoms with E-state index in [4.69, 9.17) is 21.2 Å². The quantitative estimate of drug-likeness (QED) is 0.529. The molecule has 0 aliphatic rings. The van der Waals surface area contributed by atoms with Crippen molar-refractivity contribution in [3.05, 3.63) is 59.1 Å². The lowest BCUT2D eigenvalue weighted by atomic mass is 10.2. The summed E-state index contributed by atoms with van der Waals surface area (Å²) >= 11 is 5.75. The van der Waals surface area contributed by atoms with Gasteiger partial charge in [-0.3, -0.25) is 10.2 Å². The van der Waals surface area contributed by atoms with Gasteiger partial charge in [0.05, 0.1) is 13.3 Å². The largest absolute Gasteiger partial charge is 0.496 e. The van der Waals surface area contributed by atoms with Crippen LogP contribution < -0.4 is 10.1 Å². The Morgan fingerprint density at radius 1 is 1.19 bits per heavy atom. The Bertz CT molecular complexity index is 642. The van der Waals surface area contributed by atoms with Crippen LogP contribution in [-0.2, 0) is 4.84 Å². The molecule has 0 aromatic heterocycles. The van der Waals surface area contributed by atoms with Gasteiger partial charge in [0.1, 0.15) is 5.75 Å². The van der Waals surface area contributed by atoms with Crippen molar-refractivity contribution in [2.24, 2.45) is 5.16 Å². The van der Waals surface area contributed by atoms with Gasteiger partial charge in [0.15, 0.2) is 0 Å². The fourth-order valence-corrected chi connectivity index (χ4v) is 1.70. The molecule has 2 aromatic carbocycles. The van der Waals surface area contributed by atoms with Crippen molar-refractivity contribution in [1.29, 1.82) is 0 Å². The molecular weight excluding hydrogens is 292 g/mol. The van der Waals surface area contributed by atoms with Crippen LogP contribution in [0.2, 0.25) is 5.02 Å². The number of rotatable bonds is 4. The minimum absolute atomic E-state index is 0.567. The van der Waals surface area contributed by atoms with Gasteiger partial charge in [0.25, 0.3) is 0 Å². The number of oxime groups is 1. The maximum Gasteiger partial charge on any atom is 0.437 e. The molecule has 0 bridgehead atoms. The van der Waals surface area contributed by atoms with Crippen molar-refractivity contribution in [3.8, 4) is 5.75 Å². The number of carbonyl (C=O) groups excluding carboxylic acids is 1. The number of nitrogens with one attached hydrogen (secondary N) is 1. The predicted octanol–water partition coefficient (Wildman–Crippen LogP) is 3.93. The zero-order valence-corrected chi connectivity index (χ0v) is 12.0. The second kappa shape index (κ2) is 7.31. The second-order valence-corrected chi connectivity index (χ2v) is 4.42. The van der Waals surface area contributed by atoms with E-state index in [9.17, 15) is 4.79 Å². The molecule has 1 N–H and O–H groups in total. The summed E-state index contributed by atoms with van der Waals surface area (Å²) in [7, 11) is 1.56. The first-order chi connectivity index (χ1) is 10.2. The third-order valence-electron chi connectivity index (χ3n) is 2.56. The van der Waals surface area contributed by atoms with Crippen molar-refractivity contribution in [2.45, 2.75) is 0 Å². The van der Waals surface area contributed by atoms with Gasteiger partial charge < -0.3 is 4.74 Å². The summed E-state index contributed by atoms with van der Waals surface area (Å²) < 4.78 is 5.15. The summed E-state index contributed by atoms with van der Waals surface area (Å²) in [5.74, 6) is 0.642. The van der Waals surface area contributed by atoms with E-state index in [0.29, 0.717) is 22.0 Å². The summed E-state index contributed by atoms with van der Waals surface area (Å²) in [6.07, 6.45) is 0.712. The van der Waals surface area contributed by atoms with Crippen molar-refractivity contribution >= 4 is 29.6 Å². The van der Waals surface area contributed by atoms with E-state index in [1.165, 1.54) is 6.21 Å². The van der Waals surface area contributed by atoms with Crippen molar-refractivity contribution in [2.75, 3.05) is 12.4 Å². The van der Waals surface area contributed by atoms with Gasteiger partial charge in [-0.25, -0.2) is 4.79 Å². The van der Waals surface area contributed by atoms with Crippen LogP contribution >= 0.6 is 11.6 Å². The van der Waals surface area contributed by atoms with Crippen LogP contribution in [0.1, 0.15) is 5.56 Å². The molecule has 0 unspecified atom stereocenters. The topological polar surface area (TPSA) is 59.9 Å². The molecule has 0 fully saturated rings. The molecule has 2 rings (SSSR count). The van der Waals surface area contributed by atoms with Crippen molar-refractivity contribution in [3.63, 3.8) is 0 Å². The average molecular weight is 305 g/mol. The van der Waals surface area contributed by atoms with Crippen LogP contribution in [0.3, 0.4) is 0 Å². The second-order valence-electron chi connectivity index (χ2n) is 3.99. The molecule has 0 radical (unpaired) electrons. The predicted molar refractivity (Wildman–Crippen MR) is 82.1 cm³/mol. The van der Waals surface area contributed by atoms with Gasteiger partial charge >= 0.3 is 6.09 Å². The van der Waals surface area contributed by atoms with Gasteiger partial charge in [-0.05, 0) is 36.4 Å². The number of halogens is 1. The summed E-state index contributed by atoms with van der Waals surface area (Å²) in [6, 6.07) is 13.9. The molecule has 0 aliphatic carbocycles. The number of hydrogen-bond acceptors (Lipinski definition) is 4. The van der Waals surface area contributed by atoms with Gasteiger partial charge in [-0.15, -0.1) is 0 Å². The lowest BCUT2D eigenvalue weighted by Gasteiger charge is -2.03.